The van der Waals surface area contributed by atoms with Crippen molar-refractivity contribution in [2.45, 2.75) is 6.42 Å². The summed E-state index contributed by atoms with van der Waals surface area (Å²) in [4.78, 5) is 18.2. The summed E-state index contributed by atoms with van der Waals surface area (Å²) in [5.41, 5.74) is 4.85. The van der Waals surface area contributed by atoms with Crippen molar-refractivity contribution in [3.05, 3.63) is 65.5 Å². The molecule has 2 aromatic heterocycles. The fourth-order valence-electron chi connectivity index (χ4n) is 3.11. The summed E-state index contributed by atoms with van der Waals surface area (Å²) >= 11 is 0. The minimum absolute atomic E-state index is 0.663. The molecular weight excluding hydrogens is 288 g/mol. The van der Waals surface area contributed by atoms with E-state index in [-0.39, 0.29) is 0 Å². The number of rotatable bonds is 4. The van der Waals surface area contributed by atoms with Gasteiger partial charge in [0, 0.05) is 45.7 Å². The third-order valence-electron chi connectivity index (χ3n) is 4.29. The summed E-state index contributed by atoms with van der Waals surface area (Å²) in [7, 11) is 1.66. The molecule has 0 radical (unpaired) electrons. The molecule has 0 fully saturated rings. The molecule has 0 bridgehead atoms. The number of hydrogen-bond acceptors (Lipinski definition) is 2. The number of hydrogen-bond donors (Lipinski definition) is 2. The van der Waals surface area contributed by atoms with Crippen LogP contribution in [0.5, 0.6) is 5.75 Å². The van der Waals surface area contributed by atoms with Crippen molar-refractivity contribution in [3.63, 3.8) is 0 Å². The van der Waals surface area contributed by atoms with Crippen LogP contribution in [-0.4, -0.2) is 23.4 Å². The van der Waals surface area contributed by atoms with Crippen molar-refractivity contribution in [1.82, 2.24) is 9.97 Å². The van der Waals surface area contributed by atoms with Gasteiger partial charge in [-0.05, 0) is 29.8 Å². The van der Waals surface area contributed by atoms with Gasteiger partial charge in [0.25, 0.3) is 0 Å². The van der Waals surface area contributed by atoms with Crippen LogP contribution in [0.15, 0.2) is 48.7 Å². The third-order valence-corrected chi connectivity index (χ3v) is 4.29. The van der Waals surface area contributed by atoms with E-state index in [0.29, 0.717) is 6.42 Å². The molecule has 2 aromatic carbocycles. The summed E-state index contributed by atoms with van der Waals surface area (Å²) in [6, 6.07) is 13.8. The monoisotopic (exact) mass is 304 g/mol. The van der Waals surface area contributed by atoms with E-state index in [2.05, 4.69) is 9.97 Å². The highest BCUT2D eigenvalue weighted by Gasteiger charge is 2.13. The molecule has 4 rings (SSSR count). The number of aromatic amines is 2. The number of para-hydroxylation sites is 1. The average molecular weight is 304 g/mol. The first-order valence-electron chi connectivity index (χ1n) is 7.49. The molecule has 0 saturated heterocycles. The van der Waals surface area contributed by atoms with Crippen LogP contribution in [-0.2, 0) is 6.42 Å². The number of fused-ring (bicyclic) bond motifs is 2. The van der Waals surface area contributed by atoms with Crippen LogP contribution >= 0.6 is 0 Å². The Morgan fingerprint density at radius 1 is 1.09 bits per heavy atom. The Labute approximate surface area is 133 Å². The predicted octanol–water partition coefficient (Wildman–Crippen LogP) is 4.06. The molecule has 0 aliphatic carbocycles. The summed E-state index contributed by atoms with van der Waals surface area (Å²) < 4.78 is 5.31. The lowest BCUT2D eigenvalue weighted by Crippen LogP contribution is -1.92. The van der Waals surface area contributed by atoms with Crippen molar-refractivity contribution in [2.75, 3.05) is 7.11 Å². The van der Waals surface area contributed by atoms with E-state index in [0.717, 1.165) is 50.7 Å². The average Bonchev–Trinajstić information content (AvgIpc) is 3.15. The molecule has 114 valence electrons. The Bertz CT molecular complexity index is 1010. The van der Waals surface area contributed by atoms with Crippen LogP contribution in [0.4, 0.5) is 0 Å². The van der Waals surface area contributed by atoms with Crippen molar-refractivity contribution < 1.29 is 9.53 Å². The van der Waals surface area contributed by atoms with E-state index in [4.69, 9.17) is 4.74 Å². The first-order valence-corrected chi connectivity index (χ1v) is 7.49. The van der Waals surface area contributed by atoms with Crippen LogP contribution in [0, 0.1) is 0 Å². The van der Waals surface area contributed by atoms with Gasteiger partial charge in [0.1, 0.15) is 5.75 Å². The summed E-state index contributed by atoms with van der Waals surface area (Å²) in [5, 5.41) is 2.08. The maximum Gasteiger partial charge on any atom is 0.152 e. The van der Waals surface area contributed by atoms with Crippen LogP contribution in [0.25, 0.3) is 21.8 Å². The molecular formula is C19H16N2O2. The van der Waals surface area contributed by atoms with Crippen molar-refractivity contribution in [2.24, 2.45) is 0 Å². The van der Waals surface area contributed by atoms with E-state index in [1.165, 1.54) is 0 Å². The highest BCUT2D eigenvalue weighted by molar-refractivity contribution is 5.99. The number of aldehydes is 1. The smallest absolute Gasteiger partial charge is 0.152 e. The molecule has 23 heavy (non-hydrogen) atoms. The molecule has 4 heteroatoms. The van der Waals surface area contributed by atoms with Gasteiger partial charge < -0.3 is 14.7 Å². The lowest BCUT2D eigenvalue weighted by atomic mass is 10.0. The summed E-state index contributed by atoms with van der Waals surface area (Å²) in [6.07, 6.45) is 3.59. The topological polar surface area (TPSA) is 57.9 Å². The van der Waals surface area contributed by atoms with Crippen LogP contribution in [0.3, 0.4) is 0 Å². The number of carbonyl (C=O) groups excluding carboxylic acids is 1. The Hall–Kier alpha value is -3.01. The molecule has 4 aromatic rings. The molecule has 2 N–H and O–H groups in total. The molecule has 0 aliphatic heterocycles. The Balaban J connectivity index is 1.83. The summed E-state index contributed by atoms with van der Waals surface area (Å²) in [6.45, 7) is 0. The third kappa shape index (κ3) is 2.19. The van der Waals surface area contributed by atoms with Crippen LogP contribution in [0.2, 0.25) is 0 Å². The maximum absolute atomic E-state index is 11.5. The highest BCUT2D eigenvalue weighted by atomic mass is 16.5. The fraction of sp³-hybridized carbons (Fsp3) is 0.105. The highest BCUT2D eigenvalue weighted by Crippen LogP contribution is 2.28. The van der Waals surface area contributed by atoms with Crippen LogP contribution < -0.4 is 4.74 Å². The van der Waals surface area contributed by atoms with E-state index < -0.39 is 0 Å². The van der Waals surface area contributed by atoms with Gasteiger partial charge in [0.15, 0.2) is 6.29 Å². The van der Waals surface area contributed by atoms with E-state index in [9.17, 15) is 4.79 Å². The second-order valence-corrected chi connectivity index (χ2v) is 5.58. The Kier molecular flexibility index (Phi) is 3.15. The first-order chi connectivity index (χ1) is 11.3. The van der Waals surface area contributed by atoms with E-state index in [1.54, 1.807) is 7.11 Å². The van der Waals surface area contributed by atoms with Gasteiger partial charge in [-0.3, -0.25) is 4.79 Å². The molecule has 0 spiro atoms. The van der Waals surface area contributed by atoms with E-state index in [1.807, 2.05) is 48.7 Å². The summed E-state index contributed by atoms with van der Waals surface area (Å²) in [5.74, 6) is 0.825. The zero-order valence-electron chi connectivity index (χ0n) is 12.7. The van der Waals surface area contributed by atoms with Gasteiger partial charge in [-0.2, -0.15) is 0 Å². The molecule has 0 amide bonds. The standard InChI is InChI=1S/C19H16N2O2/c1-23-13-6-7-17-15(9-13)12(10-20-17)8-19-16(11-22)14-4-2-3-5-18(14)21-19/h2-7,9-11,20-21H,8H2,1H3. The number of aromatic nitrogens is 2. The largest absolute Gasteiger partial charge is 0.497 e. The SMILES string of the molecule is COc1ccc2[nH]cc(Cc3[nH]c4ccccc4c3C=O)c2c1. The number of benzene rings is 2. The van der Waals surface area contributed by atoms with Gasteiger partial charge in [0.05, 0.1) is 7.11 Å². The minimum atomic E-state index is 0.663. The molecule has 0 atom stereocenters. The molecule has 0 saturated carbocycles. The van der Waals surface area contributed by atoms with E-state index >= 15 is 0 Å². The number of methoxy groups -OCH3 is 1. The van der Waals surface area contributed by atoms with Crippen molar-refractivity contribution in [3.8, 4) is 5.75 Å². The second kappa shape index (κ2) is 5.32. The van der Waals surface area contributed by atoms with Gasteiger partial charge in [0.2, 0.25) is 0 Å². The zero-order chi connectivity index (χ0) is 15.8. The normalized spacial score (nSPS) is 11.2. The zero-order valence-corrected chi connectivity index (χ0v) is 12.7. The van der Waals surface area contributed by atoms with Gasteiger partial charge in [-0.15, -0.1) is 0 Å². The van der Waals surface area contributed by atoms with Crippen LogP contribution in [0.1, 0.15) is 21.6 Å². The van der Waals surface area contributed by atoms with Crippen molar-refractivity contribution >= 4 is 28.1 Å². The lowest BCUT2D eigenvalue weighted by molar-refractivity contribution is 0.112. The maximum atomic E-state index is 11.5. The number of carbonyl (C=O) groups is 1. The minimum Gasteiger partial charge on any atom is -0.497 e. The number of nitrogens with one attached hydrogen (secondary N) is 2. The van der Waals surface area contributed by atoms with Gasteiger partial charge in [-0.1, -0.05) is 18.2 Å². The molecule has 4 nitrogen and oxygen atoms in total. The Morgan fingerprint density at radius 2 is 1.96 bits per heavy atom. The predicted molar refractivity (Wildman–Crippen MR) is 91.3 cm³/mol. The Morgan fingerprint density at radius 3 is 2.78 bits per heavy atom. The van der Waals surface area contributed by atoms with Gasteiger partial charge in [-0.25, -0.2) is 0 Å². The van der Waals surface area contributed by atoms with Crippen molar-refractivity contribution in [1.29, 1.82) is 0 Å². The van der Waals surface area contributed by atoms with Gasteiger partial charge >= 0.3 is 0 Å². The molecule has 0 unspecified atom stereocenters. The fourth-order valence-corrected chi connectivity index (χ4v) is 3.11. The second-order valence-electron chi connectivity index (χ2n) is 5.58. The quantitative estimate of drug-likeness (QED) is 0.559. The first kappa shape index (κ1) is 13.6. The molecule has 0 aliphatic rings. The lowest BCUT2D eigenvalue weighted by Gasteiger charge is -2.02. The molecule has 2 heterocycles. The number of ether oxygens (including phenoxy) is 1. The number of H-pyrrole nitrogens is 2.